The van der Waals surface area contributed by atoms with E-state index in [0.717, 1.165) is 61.4 Å². The summed E-state index contributed by atoms with van der Waals surface area (Å²) in [7, 11) is 0. The molecule has 0 saturated carbocycles. The van der Waals surface area contributed by atoms with E-state index >= 15 is 0 Å². The zero-order valence-corrected chi connectivity index (χ0v) is 27.2. The number of rotatable bonds is 4. The van der Waals surface area contributed by atoms with E-state index in [1.165, 1.54) is 36.3 Å². The lowest BCUT2D eigenvalue weighted by Gasteiger charge is -2.13. The minimum Gasteiger partial charge on any atom is -0.247 e. The number of thiophene rings is 1. The Morgan fingerprint density at radius 1 is 0.347 bits per heavy atom. The second-order valence-electron chi connectivity index (χ2n) is 12.4. The van der Waals surface area contributed by atoms with Crippen molar-refractivity contribution in [1.82, 2.24) is 15.0 Å². The maximum absolute atomic E-state index is 5.28. The van der Waals surface area contributed by atoms with Crippen LogP contribution in [0.1, 0.15) is 0 Å². The third-order valence-electron chi connectivity index (χ3n) is 9.47. The predicted octanol–water partition coefficient (Wildman–Crippen LogP) is 12.4. The third kappa shape index (κ3) is 4.61. The highest BCUT2D eigenvalue weighted by molar-refractivity contribution is 7.26. The minimum atomic E-state index is 0.731. The van der Waals surface area contributed by atoms with E-state index in [2.05, 4.69) is 133 Å². The van der Waals surface area contributed by atoms with Crippen molar-refractivity contribution in [3.8, 4) is 45.0 Å². The maximum Gasteiger partial charge on any atom is 0.160 e. The van der Waals surface area contributed by atoms with Crippen LogP contribution in [-0.2, 0) is 0 Å². The van der Waals surface area contributed by atoms with Gasteiger partial charge in [-0.25, -0.2) is 15.0 Å². The molecule has 49 heavy (non-hydrogen) atoms. The minimum absolute atomic E-state index is 0.731. The highest BCUT2D eigenvalue weighted by Gasteiger charge is 2.17. The zero-order chi connectivity index (χ0) is 32.3. The number of fused-ring (bicyclic) bond motifs is 8. The van der Waals surface area contributed by atoms with Gasteiger partial charge in [-0.15, -0.1) is 11.3 Å². The standard InChI is InChI=1S/C45H27N3S/c1-2-11-30(12-3-1)45-47-39-19-8-5-17-36(39)42(48-45)29-23-21-28(22-24-29)31-13-10-14-32(27-31)43-37-26-25-34-33-15-6-9-20-40(33)49-44(34)41(37)35-16-4-7-18-38(35)46-43/h1-27H. The molecule has 0 fully saturated rings. The van der Waals surface area contributed by atoms with Gasteiger partial charge in [0.1, 0.15) is 0 Å². The fourth-order valence-corrected chi connectivity index (χ4v) is 8.38. The van der Waals surface area contributed by atoms with Crippen molar-refractivity contribution in [3.05, 3.63) is 164 Å². The van der Waals surface area contributed by atoms with Crippen LogP contribution in [0.4, 0.5) is 0 Å². The van der Waals surface area contributed by atoms with Crippen molar-refractivity contribution in [2.24, 2.45) is 0 Å². The van der Waals surface area contributed by atoms with Crippen molar-refractivity contribution in [3.63, 3.8) is 0 Å². The molecule has 0 amide bonds. The molecule has 10 aromatic rings. The Morgan fingerprint density at radius 2 is 0.959 bits per heavy atom. The smallest absolute Gasteiger partial charge is 0.160 e. The summed E-state index contributed by atoms with van der Waals surface area (Å²) in [5.41, 5.74) is 9.35. The van der Waals surface area contributed by atoms with E-state index in [4.69, 9.17) is 15.0 Å². The Morgan fingerprint density at radius 3 is 1.80 bits per heavy atom. The van der Waals surface area contributed by atoms with Gasteiger partial charge in [0.25, 0.3) is 0 Å². The highest BCUT2D eigenvalue weighted by atomic mass is 32.1. The van der Waals surface area contributed by atoms with Crippen LogP contribution in [0.15, 0.2) is 164 Å². The molecule has 3 heterocycles. The maximum atomic E-state index is 5.28. The summed E-state index contributed by atoms with van der Waals surface area (Å²) in [5, 5.41) is 7.30. The fraction of sp³-hybridized carbons (Fsp3) is 0. The second-order valence-corrected chi connectivity index (χ2v) is 13.4. The third-order valence-corrected chi connectivity index (χ3v) is 10.7. The van der Waals surface area contributed by atoms with Gasteiger partial charge in [-0.1, -0.05) is 140 Å². The van der Waals surface area contributed by atoms with Crippen LogP contribution in [0.25, 0.3) is 97.8 Å². The molecule has 0 aliphatic carbocycles. The number of hydrogen-bond acceptors (Lipinski definition) is 4. The average Bonchev–Trinajstić information content (AvgIpc) is 3.56. The first-order valence-corrected chi connectivity index (χ1v) is 17.3. The van der Waals surface area contributed by atoms with Crippen LogP contribution >= 0.6 is 11.3 Å². The summed E-state index contributed by atoms with van der Waals surface area (Å²) in [6.07, 6.45) is 0. The number of pyridine rings is 1. The van der Waals surface area contributed by atoms with E-state index in [0.29, 0.717) is 0 Å². The van der Waals surface area contributed by atoms with Crippen LogP contribution in [0, 0.1) is 0 Å². The fourth-order valence-electron chi connectivity index (χ4n) is 7.12. The molecule has 0 aliphatic rings. The number of benzene rings is 7. The lowest BCUT2D eigenvalue weighted by Crippen LogP contribution is -1.95. The van der Waals surface area contributed by atoms with Gasteiger partial charge in [0.15, 0.2) is 5.82 Å². The number of hydrogen-bond donors (Lipinski definition) is 0. The van der Waals surface area contributed by atoms with E-state index in [1.54, 1.807) is 0 Å². The van der Waals surface area contributed by atoms with Crippen LogP contribution in [0.5, 0.6) is 0 Å². The lowest BCUT2D eigenvalue weighted by molar-refractivity contribution is 1.23. The molecule has 0 saturated heterocycles. The van der Waals surface area contributed by atoms with Crippen molar-refractivity contribution < 1.29 is 0 Å². The molecule has 0 atom stereocenters. The first-order chi connectivity index (χ1) is 24.3. The molecule has 0 spiro atoms. The molecule has 4 heteroatoms. The van der Waals surface area contributed by atoms with Crippen molar-refractivity contribution >= 4 is 64.1 Å². The van der Waals surface area contributed by atoms with Gasteiger partial charge in [-0.05, 0) is 35.4 Å². The van der Waals surface area contributed by atoms with Gasteiger partial charge < -0.3 is 0 Å². The van der Waals surface area contributed by atoms with E-state index in [9.17, 15) is 0 Å². The summed E-state index contributed by atoms with van der Waals surface area (Å²) in [4.78, 5) is 15.2. The summed E-state index contributed by atoms with van der Waals surface area (Å²) in [6, 6.07) is 57.7. The molecule has 3 nitrogen and oxygen atoms in total. The first-order valence-electron chi connectivity index (χ1n) is 16.4. The summed E-state index contributed by atoms with van der Waals surface area (Å²) < 4.78 is 2.63. The first kappa shape index (κ1) is 27.8. The molecule has 3 aromatic heterocycles. The molecule has 0 aliphatic heterocycles. The van der Waals surface area contributed by atoms with Crippen molar-refractivity contribution in [2.75, 3.05) is 0 Å². The predicted molar refractivity (Wildman–Crippen MR) is 207 cm³/mol. The topological polar surface area (TPSA) is 38.7 Å². The van der Waals surface area contributed by atoms with Crippen LogP contribution in [0.3, 0.4) is 0 Å². The van der Waals surface area contributed by atoms with Gasteiger partial charge in [0.05, 0.1) is 22.4 Å². The number of aromatic nitrogens is 3. The average molecular weight is 642 g/mol. The number of para-hydroxylation sites is 2. The highest BCUT2D eigenvalue weighted by Crippen LogP contribution is 2.43. The van der Waals surface area contributed by atoms with Crippen molar-refractivity contribution in [2.45, 2.75) is 0 Å². The molecular weight excluding hydrogens is 615 g/mol. The Kier molecular flexibility index (Phi) is 6.36. The normalized spacial score (nSPS) is 11.7. The summed E-state index contributed by atoms with van der Waals surface area (Å²) in [5.74, 6) is 0.731. The SMILES string of the molecule is c1ccc(-c2nc(-c3ccc(-c4cccc(-c5nc6ccccc6c6c5ccc5c7ccccc7sc56)c4)cc3)c3ccccc3n2)cc1. The molecule has 228 valence electrons. The zero-order valence-electron chi connectivity index (χ0n) is 26.3. The van der Waals surface area contributed by atoms with E-state index in [1.807, 2.05) is 41.7 Å². The van der Waals surface area contributed by atoms with Crippen LogP contribution < -0.4 is 0 Å². The van der Waals surface area contributed by atoms with E-state index < -0.39 is 0 Å². The Labute approximate surface area is 286 Å². The van der Waals surface area contributed by atoms with Crippen LogP contribution in [0.2, 0.25) is 0 Å². The quantitative estimate of drug-likeness (QED) is 0.180. The Balaban J connectivity index is 1.10. The number of nitrogens with zero attached hydrogens (tertiary/aromatic N) is 3. The molecule has 0 radical (unpaired) electrons. The molecule has 0 N–H and O–H groups in total. The van der Waals surface area contributed by atoms with Gasteiger partial charge in [0.2, 0.25) is 0 Å². The van der Waals surface area contributed by atoms with Crippen LogP contribution in [-0.4, -0.2) is 15.0 Å². The molecule has 7 aromatic carbocycles. The second kappa shape index (κ2) is 11.2. The largest absolute Gasteiger partial charge is 0.247 e. The van der Waals surface area contributed by atoms with E-state index in [-0.39, 0.29) is 0 Å². The lowest BCUT2D eigenvalue weighted by atomic mass is 9.95. The molecule has 10 rings (SSSR count). The molecule has 0 bridgehead atoms. The molecular formula is C45H27N3S. The monoisotopic (exact) mass is 641 g/mol. The summed E-state index contributed by atoms with van der Waals surface area (Å²) in [6.45, 7) is 0. The van der Waals surface area contributed by atoms with Gasteiger partial charge in [-0.2, -0.15) is 0 Å². The Bertz CT molecular complexity index is 2870. The van der Waals surface area contributed by atoms with Gasteiger partial charge in [0, 0.05) is 58.4 Å². The molecule has 0 unspecified atom stereocenters. The van der Waals surface area contributed by atoms with Gasteiger partial charge in [-0.3, -0.25) is 0 Å². The Hall–Kier alpha value is -6.23. The summed E-state index contributed by atoms with van der Waals surface area (Å²) >= 11 is 1.87. The van der Waals surface area contributed by atoms with Crippen molar-refractivity contribution in [1.29, 1.82) is 0 Å². The van der Waals surface area contributed by atoms with Gasteiger partial charge >= 0.3 is 0 Å².